The van der Waals surface area contributed by atoms with Crippen molar-refractivity contribution < 1.29 is 9.53 Å². The van der Waals surface area contributed by atoms with Crippen LogP contribution in [0, 0.1) is 0 Å². The predicted molar refractivity (Wildman–Crippen MR) is 83.1 cm³/mol. The van der Waals surface area contributed by atoms with E-state index in [1.54, 1.807) is 45.0 Å². The van der Waals surface area contributed by atoms with Gasteiger partial charge in [-0.3, -0.25) is 9.59 Å². The van der Waals surface area contributed by atoms with Gasteiger partial charge in [-0.2, -0.15) is 0 Å². The highest BCUT2D eigenvalue weighted by molar-refractivity contribution is 5.74. The molecule has 0 unspecified atom stereocenters. The van der Waals surface area contributed by atoms with Crippen LogP contribution in [0.5, 0.6) is 0 Å². The van der Waals surface area contributed by atoms with E-state index >= 15 is 0 Å². The molecule has 2 rings (SSSR count). The number of amides is 1. The third-order valence-corrected chi connectivity index (χ3v) is 2.89. The lowest BCUT2D eigenvalue weighted by Crippen LogP contribution is -2.40. The molecule has 0 saturated heterocycles. The van der Waals surface area contributed by atoms with E-state index in [0.717, 1.165) is 0 Å². The van der Waals surface area contributed by atoms with Gasteiger partial charge < -0.3 is 19.6 Å². The Morgan fingerprint density at radius 3 is 2.64 bits per heavy atom. The van der Waals surface area contributed by atoms with Crippen molar-refractivity contribution in [2.45, 2.75) is 32.9 Å². The Labute approximate surface area is 126 Å². The first-order valence-electron chi connectivity index (χ1n) is 6.96. The SMILES string of the molecule is CC(C)(C)OC(=O)NCCn1c(=O)c(=O)[nH]c2ccccc21. The molecular formula is C15H19N3O4. The second-order valence-electron chi connectivity index (χ2n) is 5.86. The van der Waals surface area contributed by atoms with Crippen LogP contribution in [0.1, 0.15) is 20.8 Å². The van der Waals surface area contributed by atoms with Crippen LogP contribution in [0.2, 0.25) is 0 Å². The fourth-order valence-corrected chi connectivity index (χ4v) is 2.03. The molecule has 1 aromatic heterocycles. The highest BCUT2D eigenvalue weighted by Crippen LogP contribution is 2.07. The Kier molecular flexibility index (Phi) is 4.35. The molecule has 22 heavy (non-hydrogen) atoms. The number of carbonyl (C=O) groups is 1. The molecule has 0 fully saturated rings. The lowest BCUT2D eigenvalue weighted by atomic mass is 10.2. The fourth-order valence-electron chi connectivity index (χ4n) is 2.03. The van der Waals surface area contributed by atoms with Crippen LogP contribution in [0.15, 0.2) is 33.9 Å². The number of fused-ring (bicyclic) bond motifs is 1. The molecule has 0 atom stereocenters. The zero-order valence-corrected chi connectivity index (χ0v) is 12.8. The molecule has 1 aromatic carbocycles. The average Bonchev–Trinajstić information content (AvgIpc) is 2.41. The normalized spacial score (nSPS) is 11.4. The van der Waals surface area contributed by atoms with E-state index < -0.39 is 22.8 Å². The zero-order chi connectivity index (χ0) is 16.3. The van der Waals surface area contributed by atoms with E-state index in [2.05, 4.69) is 10.3 Å². The summed E-state index contributed by atoms with van der Waals surface area (Å²) in [7, 11) is 0. The molecule has 1 amide bonds. The van der Waals surface area contributed by atoms with Crippen LogP contribution < -0.4 is 16.4 Å². The number of rotatable bonds is 3. The summed E-state index contributed by atoms with van der Waals surface area (Å²) in [5.74, 6) is 0. The molecule has 118 valence electrons. The first-order valence-corrected chi connectivity index (χ1v) is 6.96. The Morgan fingerprint density at radius 1 is 1.27 bits per heavy atom. The molecular weight excluding hydrogens is 286 g/mol. The molecule has 2 N–H and O–H groups in total. The molecule has 7 nitrogen and oxygen atoms in total. The molecule has 0 bridgehead atoms. The summed E-state index contributed by atoms with van der Waals surface area (Å²) >= 11 is 0. The van der Waals surface area contributed by atoms with Gasteiger partial charge in [-0.1, -0.05) is 12.1 Å². The molecule has 0 radical (unpaired) electrons. The van der Waals surface area contributed by atoms with Gasteiger partial charge in [0, 0.05) is 13.1 Å². The number of H-pyrrole nitrogens is 1. The summed E-state index contributed by atoms with van der Waals surface area (Å²) in [6.07, 6.45) is -0.560. The van der Waals surface area contributed by atoms with Gasteiger partial charge in [0.25, 0.3) is 0 Å². The highest BCUT2D eigenvalue weighted by atomic mass is 16.6. The van der Waals surface area contributed by atoms with Crippen molar-refractivity contribution in [2.24, 2.45) is 0 Å². The summed E-state index contributed by atoms with van der Waals surface area (Å²) in [6.45, 7) is 5.66. The summed E-state index contributed by atoms with van der Waals surface area (Å²) in [5, 5.41) is 2.57. The number of aromatic amines is 1. The molecule has 2 aromatic rings. The van der Waals surface area contributed by atoms with Crippen LogP contribution in [-0.2, 0) is 11.3 Å². The van der Waals surface area contributed by atoms with Gasteiger partial charge in [-0.25, -0.2) is 4.79 Å². The third-order valence-electron chi connectivity index (χ3n) is 2.89. The predicted octanol–water partition coefficient (Wildman–Crippen LogP) is 1.21. The van der Waals surface area contributed by atoms with Crippen molar-refractivity contribution in [3.05, 3.63) is 45.0 Å². The van der Waals surface area contributed by atoms with Gasteiger partial charge in [0.05, 0.1) is 11.0 Å². The van der Waals surface area contributed by atoms with Crippen LogP contribution >= 0.6 is 0 Å². The van der Waals surface area contributed by atoms with Crippen LogP contribution in [0.3, 0.4) is 0 Å². The number of hydrogen-bond donors (Lipinski definition) is 2. The number of carbonyl (C=O) groups excluding carboxylic acids is 1. The number of hydrogen-bond acceptors (Lipinski definition) is 4. The molecule has 0 saturated carbocycles. The van der Waals surface area contributed by atoms with E-state index in [1.165, 1.54) is 4.57 Å². The monoisotopic (exact) mass is 305 g/mol. The summed E-state index contributed by atoms with van der Waals surface area (Å²) in [6, 6.07) is 7.00. The number of benzene rings is 1. The second kappa shape index (κ2) is 6.05. The van der Waals surface area contributed by atoms with Crippen molar-refractivity contribution in [3.8, 4) is 0 Å². The van der Waals surface area contributed by atoms with Crippen molar-refractivity contribution in [2.75, 3.05) is 6.54 Å². The number of alkyl carbamates (subject to hydrolysis) is 1. The Morgan fingerprint density at radius 2 is 1.95 bits per heavy atom. The maximum atomic E-state index is 12.0. The summed E-state index contributed by atoms with van der Waals surface area (Å²) < 4.78 is 6.45. The molecule has 1 heterocycles. The average molecular weight is 305 g/mol. The van der Waals surface area contributed by atoms with Crippen LogP contribution in [0.4, 0.5) is 4.79 Å². The first kappa shape index (κ1) is 15.8. The quantitative estimate of drug-likeness (QED) is 0.834. The van der Waals surface area contributed by atoms with E-state index in [1.807, 2.05) is 0 Å². The second-order valence-corrected chi connectivity index (χ2v) is 5.86. The van der Waals surface area contributed by atoms with Crippen LogP contribution in [-0.4, -0.2) is 27.8 Å². The Balaban J connectivity index is 2.15. The van der Waals surface area contributed by atoms with Gasteiger partial charge >= 0.3 is 17.2 Å². The number of nitrogens with zero attached hydrogens (tertiary/aromatic N) is 1. The van der Waals surface area contributed by atoms with Crippen molar-refractivity contribution in [1.29, 1.82) is 0 Å². The zero-order valence-electron chi connectivity index (χ0n) is 12.8. The topological polar surface area (TPSA) is 93.2 Å². The van der Waals surface area contributed by atoms with E-state index in [4.69, 9.17) is 4.74 Å². The van der Waals surface area contributed by atoms with Gasteiger partial charge in [0.2, 0.25) is 0 Å². The minimum absolute atomic E-state index is 0.183. The third kappa shape index (κ3) is 3.75. The summed E-state index contributed by atoms with van der Waals surface area (Å²) in [5.41, 5.74) is -0.736. The van der Waals surface area contributed by atoms with Gasteiger partial charge in [0.15, 0.2) is 0 Å². The maximum Gasteiger partial charge on any atom is 0.407 e. The number of para-hydroxylation sites is 2. The molecule has 0 aliphatic carbocycles. The molecule has 0 aliphatic heterocycles. The minimum atomic E-state index is -0.684. The van der Waals surface area contributed by atoms with Crippen LogP contribution in [0.25, 0.3) is 11.0 Å². The minimum Gasteiger partial charge on any atom is -0.444 e. The maximum absolute atomic E-state index is 12.0. The first-order chi connectivity index (χ1) is 10.3. The largest absolute Gasteiger partial charge is 0.444 e. The van der Waals surface area contributed by atoms with Crippen molar-refractivity contribution in [1.82, 2.24) is 14.9 Å². The molecule has 0 aliphatic rings. The number of nitrogens with one attached hydrogen (secondary N) is 2. The highest BCUT2D eigenvalue weighted by Gasteiger charge is 2.15. The van der Waals surface area contributed by atoms with Gasteiger partial charge in [-0.05, 0) is 32.9 Å². The van der Waals surface area contributed by atoms with Crippen molar-refractivity contribution in [3.63, 3.8) is 0 Å². The number of ether oxygens (including phenoxy) is 1. The summed E-state index contributed by atoms with van der Waals surface area (Å²) in [4.78, 5) is 37.7. The molecule has 7 heteroatoms. The van der Waals surface area contributed by atoms with E-state index in [0.29, 0.717) is 11.0 Å². The lowest BCUT2D eigenvalue weighted by molar-refractivity contribution is 0.0526. The van der Waals surface area contributed by atoms with Gasteiger partial charge in [0.1, 0.15) is 5.60 Å². The standard InChI is InChI=1S/C15H19N3O4/c1-15(2,3)22-14(21)16-8-9-18-11-7-5-4-6-10(11)17-12(19)13(18)20/h4-7H,8-9H2,1-3H3,(H,16,21)(H,17,19). The smallest absolute Gasteiger partial charge is 0.407 e. The Bertz CT molecular complexity index is 799. The molecule has 0 spiro atoms. The number of aromatic nitrogens is 2. The lowest BCUT2D eigenvalue weighted by Gasteiger charge is -2.19. The van der Waals surface area contributed by atoms with E-state index in [-0.39, 0.29) is 13.1 Å². The van der Waals surface area contributed by atoms with Crippen molar-refractivity contribution >= 4 is 17.1 Å². The Hall–Kier alpha value is -2.57. The van der Waals surface area contributed by atoms with E-state index in [9.17, 15) is 14.4 Å². The fraction of sp³-hybridized carbons (Fsp3) is 0.400. The van der Waals surface area contributed by atoms with Gasteiger partial charge in [-0.15, -0.1) is 0 Å².